The van der Waals surface area contributed by atoms with Crippen molar-refractivity contribution >= 4 is 17.9 Å². The Hall–Kier alpha value is -3.99. The number of carbonyl (C=O) groups is 3. The number of carbonyl (C=O) groups excluding carboxylic acids is 2. The van der Waals surface area contributed by atoms with Gasteiger partial charge in [-0.05, 0) is 30.5 Å². The lowest BCUT2D eigenvalue weighted by atomic mass is 10.0. The molecule has 1 heterocycles. The molecular weight excluding hydrogens is 482 g/mol. The molecule has 11 heteroatoms. The van der Waals surface area contributed by atoms with Crippen molar-refractivity contribution < 1.29 is 38.4 Å². The molecule has 200 valence electrons. The average molecular weight is 516 g/mol. The van der Waals surface area contributed by atoms with E-state index < -0.39 is 23.9 Å². The summed E-state index contributed by atoms with van der Waals surface area (Å²) < 4.78 is 22.0. The Balaban J connectivity index is 1.69. The highest BCUT2D eigenvalue weighted by Gasteiger charge is 2.28. The number of methoxy groups -OCH3 is 3. The molecule has 1 atom stereocenters. The number of nitrogens with one attached hydrogen (secondary N) is 2. The molecule has 0 radical (unpaired) electrons. The zero-order chi connectivity index (χ0) is 26.8. The molecule has 3 amide bonds. The molecule has 1 aliphatic rings. The van der Waals surface area contributed by atoms with E-state index in [-0.39, 0.29) is 24.8 Å². The zero-order valence-electron chi connectivity index (χ0n) is 21.2. The molecule has 0 saturated carbocycles. The van der Waals surface area contributed by atoms with Gasteiger partial charge < -0.3 is 39.6 Å². The number of piperidine rings is 1. The fraction of sp³-hybridized carbons (Fsp3) is 0.423. The van der Waals surface area contributed by atoms with E-state index in [0.717, 1.165) is 5.56 Å². The summed E-state index contributed by atoms with van der Waals surface area (Å²) in [6.07, 6.45) is 0.00588. The monoisotopic (exact) mass is 515 g/mol. The highest BCUT2D eigenvalue weighted by atomic mass is 16.5. The van der Waals surface area contributed by atoms with Gasteiger partial charge in [0, 0.05) is 31.8 Å². The van der Waals surface area contributed by atoms with Gasteiger partial charge in [0.15, 0.2) is 11.5 Å². The predicted molar refractivity (Wildman–Crippen MR) is 134 cm³/mol. The van der Waals surface area contributed by atoms with E-state index in [0.29, 0.717) is 43.2 Å². The van der Waals surface area contributed by atoms with E-state index >= 15 is 0 Å². The Kier molecular flexibility index (Phi) is 9.96. The lowest BCUT2D eigenvalue weighted by molar-refractivity contribution is -0.125. The Labute approximate surface area is 215 Å². The van der Waals surface area contributed by atoms with E-state index in [4.69, 9.17) is 24.1 Å². The summed E-state index contributed by atoms with van der Waals surface area (Å²) in [5.41, 5.74) is 1.17. The van der Waals surface area contributed by atoms with Crippen LogP contribution < -0.4 is 24.8 Å². The van der Waals surface area contributed by atoms with Crippen LogP contribution in [0.4, 0.5) is 4.79 Å². The Bertz CT molecular complexity index is 1050. The SMILES string of the molecule is COC[C@H](NC(=O)c1cc(OC)c(OCc2ccccc2)c(OC)c1)C(=O)NC1CCN(C(=O)O)CC1. The summed E-state index contributed by atoms with van der Waals surface area (Å²) in [4.78, 5) is 38.4. The maximum Gasteiger partial charge on any atom is 0.407 e. The average Bonchev–Trinajstić information content (AvgIpc) is 2.91. The molecule has 2 aromatic carbocycles. The standard InChI is InChI=1S/C26H33N3O8/c1-34-16-20(25(31)27-19-9-11-29(12-10-19)26(32)33)28-24(30)18-13-21(35-2)23(22(14-18)36-3)37-15-17-7-5-4-6-8-17/h4-8,13-14,19-20H,9-12,15-16H2,1-3H3,(H,27,31)(H,28,30)(H,32,33)/t20-/m0/s1. The molecule has 0 aliphatic carbocycles. The van der Waals surface area contributed by atoms with Crippen LogP contribution in [0.1, 0.15) is 28.8 Å². The van der Waals surface area contributed by atoms with Gasteiger partial charge in [-0.25, -0.2) is 4.79 Å². The summed E-state index contributed by atoms with van der Waals surface area (Å²) in [6, 6.07) is 11.5. The predicted octanol–water partition coefficient (Wildman–Crippen LogP) is 2.29. The van der Waals surface area contributed by atoms with Crippen LogP contribution in [0.5, 0.6) is 17.2 Å². The topological polar surface area (TPSA) is 136 Å². The first-order valence-electron chi connectivity index (χ1n) is 11.9. The number of benzene rings is 2. The van der Waals surface area contributed by atoms with Crippen molar-refractivity contribution in [2.24, 2.45) is 0 Å². The lowest BCUT2D eigenvalue weighted by Gasteiger charge is -2.31. The summed E-state index contributed by atoms with van der Waals surface area (Å²) in [6.45, 7) is 0.901. The van der Waals surface area contributed by atoms with E-state index in [1.54, 1.807) is 0 Å². The van der Waals surface area contributed by atoms with Crippen molar-refractivity contribution in [3.63, 3.8) is 0 Å². The van der Waals surface area contributed by atoms with Gasteiger partial charge in [0.25, 0.3) is 5.91 Å². The van der Waals surface area contributed by atoms with Gasteiger partial charge in [-0.2, -0.15) is 0 Å². The van der Waals surface area contributed by atoms with E-state index in [1.807, 2.05) is 30.3 Å². The number of likely N-dealkylation sites (tertiary alicyclic amines) is 1. The first-order chi connectivity index (χ1) is 17.9. The normalized spacial score (nSPS) is 14.4. The van der Waals surface area contributed by atoms with Gasteiger partial charge in [0.2, 0.25) is 11.7 Å². The van der Waals surface area contributed by atoms with Crippen LogP contribution in [-0.2, 0) is 16.1 Å². The summed E-state index contributed by atoms with van der Waals surface area (Å²) >= 11 is 0. The van der Waals surface area contributed by atoms with E-state index in [2.05, 4.69) is 10.6 Å². The molecule has 1 fully saturated rings. The Morgan fingerprint density at radius 1 is 1.03 bits per heavy atom. The maximum absolute atomic E-state index is 13.1. The zero-order valence-corrected chi connectivity index (χ0v) is 21.2. The fourth-order valence-corrected chi connectivity index (χ4v) is 3.99. The van der Waals surface area contributed by atoms with Crippen LogP contribution >= 0.6 is 0 Å². The van der Waals surface area contributed by atoms with Gasteiger partial charge in [-0.1, -0.05) is 30.3 Å². The third-order valence-electron chi connectivity index (χ3n) is 6.02. The second kappa shape index (κ2) is 13.4. The van der Waals surface area contributed by atoms with Crippen LogP contribution in [0.15, 0.2) is 42.5 Å². The summed E-state index contributed by atoms with van der Waals surface area (Å²) in [5.74, 6) is 0.0239. The van der Waals surface area contributed by atoms with Crippen LogP contribution in [0.2, 0.25) is 0 Å². The van der Waals surface area contributed by atoms with Gasteiger partial charge in [-0.3, -0.25) is 9.59 Å². The molecule has 3 rings (SSSR count). The van der Waals surface area contributed by atoms with Crippen LogP contribution in [0, 0.1) is 0 Å². The number of carboxylic acid groups (broad SMARTS) is 1. The minimum atomic E-state index is -0.975. The van der Waals surface area contributed by atoms with Crippen molar-refractivity contribution in [3.05, 3.63) is 53.6 Å². The number of nitrogens with zero attached hydrogens (tertiary/aromatic N) is 1. The smallest absolute Gasteiger partial charge is 0.407 e. The van der Waals surface area contributed by atoms with Gasteiger partial charge in [0.05, 0.1) is 20.8 Å². The van der Waals surface area contributed by atoms with Crippen LogP contribution in [-0.4, -0.2) is 81.0 Å². The quantitative estimate of drug-likeness (QED) is 0.415. The lowest BCUT2D eigenvalue weighted by Crippen LogP contribution is -2.54. The second-order valence-electron chi connectivity index (χ2n) is 8.52. The van der Waals surface area contributed by atoms with Crippen LogP contribution in [0.25, 0.3) is 0 Å². The maximum atomic E-state index is 13.1. The third-order valence-corrected chi connectivity index (χ3v) is 6.02. The molecular formula is C26H33N3O8. The molecule has 0 spiro atoms. The first kappa shape index (κ1) is 27.6. The Morgan fingerprint density at radius 2 is 1.65 bits per heavy atom. The Morgan fingerprint density at radius 3 is 2.19 bits per heavy atom. The number of amides is 3. The van der Waals surface area contributed by atoms with Crippen molar-refractivity contribution in [1.82, 2.24) is 15.5 Å². The van der Waals surface area contributed by atoms with Crippen molar-refractivity contribution in [2.45, 2.75) is 31.5 Å². The molecule has 0 aromatic heterocycles. The summed E-state index contributed by atoms with van der Waals surface area (Å²) in [5, 5.41) is 14.7. The molecule has 3 N–H and O–H groups in total. The van der Waals surface area contributed by atoms with E-state index in [9.17, 15) is 14.4 Å². The highest BCUT2D eigenvalue weighted by Crippen LogP contribution is 2.39. The number of hydrogen-bond donors (Lipinski definition) is 3. The number of ether oxygens (including phenoxy) is 4. The van der Waals surface area contributed by atoms with E-state index in [1.165, 1.54) is 38.4 Å². The fourth-order valence-electron chi connectivity index (χ4n) is 3.99. The molecule has 1 saturated heterocycles. The third kappa shape index (κ3) is 7.50. The first-order valence-corrected chi connectivity index (χ1v) is 11.9. The van der Waals surface area contributed by atoms with Gasteiger partial charge in [-0.15, -0.1) is 0 Å². The second-order valence-corrected chi connectivity index (χ2v) is 8.52. The van der Waals surface area contributed by atoms with Crippen molar-refractivity contribution in [2.75, 3.05) is 41.0 Å². The highest BCUT2D eigenvalue weighted by molar-refractivity contribution is 5.98. The number of rotatable bonds is 11. The molecule has 1 aliphatic heterocycles. The van der Waals surface area contributed by atoms with Crippen molar-refractivity contribution in [1.29, 1.82) is 0 Å². The number of hydrogen-bond acceptors (Lipinski definition) is 7. The minimum Gasteiger partial charge on any atom is -0.493 e. The van der Waals surface area contributed by atoms with Gasteiger partial charge in [0.1, 0.15) is 12.6 Å². The van der Waals surface area contributed by atoms with Crippen molar-refractivity contribution in [3.8, 4) is 17.2 Å². The van der Waals surface area contributed by atoms with Crippen LogP contribution in [0.3, 0.4) is 0 Å². The molecule has 0 unspecified atom stereocenters. The molecule has 2 aromatic rings. The summed E-state index contributed by atoms with van der Waals surface area (Å²) in [7, 11) is 4.36. The largest absolute Gasteiger partial charge is 0.493 e. The molecule has 0 bridgehead atoms. The van der Waals surface area contributed by atoms with Gasteiger partial charge >= 0.3 is 6.09 Å². The molecule has 11 nitrogen and oxygen atoms in total. The minimum absolute atomic E-state index is 0.0436. The molecule has 37 heavy (non-hydrogen) atoms.